The van der Waals surface area contributed by atoms with Crippen LogP contribution in [0.5, 0.6) is 11.5 Å². The van der Waals surface area contributed by atoms with Gasteiger partial charge in [0.2, 0.25) is 5.91 Å². The van der Waals surface area contributed by atoms with E-state index >= 15 is 0 Å². The van der Waals surface area contributed by atoms with Gasteiger partial charge in [0.25, 0.3) is 0 Å². The van der Waals surface area contributed by atoms with Gasteiger partial charge in [-0.15, -0.1) is 10.2 Å². The maximum absolute atomic E-state index is 12.3. The van der Waals surface area contributed by atoms with Crippen molar-refractivity contribution in [2.45, 2.75) is 38.4 Å². The van der Waals surface area contributed by atoms with Gasteiger partial charge in [-0.1, -0.05) is 18.7 Å². The van der Waals surface area contributed by atoms with Crippen LogP contribution in [-0.2, 0) is 11.2 Å². The molecule has 8 heteroatoms. The first-order valence-corrected chi connectivity index (χ1v) is 9.07. The number of ether oxygens (including phenoxy) is 2. The topological polar surface area (TPSA) is 78.3 Å². The number of nitrogens with one attached hydrogen (secondary N) is 1. The highest BCUT2D eigenvalue weighted by Crippen LogP contribution is 2.29. The first-order chi connectivity index (χ1) is 12.0. The lowest BCUT2D eigenvalue weighted by Crippen LogP contribution is -2.16. The molecule has 1 amide bonds. The second-order valence-electron chi connectivity index (χ2n) is 5.62. The number of thioether (sulfide) groups is 1. The highest BCUT2D eigenvalue weighted by atomic mass is 32.2. The minimum atomic E-state index is -0.145. The van der Waals surface area contributed by atoms with Crippen LogP contribution in [0.1, 0.15) is 32.6 Å². The monoisotopic (exact) mass is 364 g/mol. The fraction of sp³-hybridized carbons (Fsp3) is 0.471. The molecule has 0 aliphatic carbocycles. The number of methoxy groups -OCH3 is 2. The number of anilines is 1. The van der Waals surface area contributed by atoms with Gasteiger partial charge in [-0.2, -0.15) is 0 Å². The van der Waals surface area contributed by atoms with E-state index in [1.807, 2.05) is 6.92 Å². The van der Waals surface area contributed by atoms with E-state index in [1.165, 1.54) is 11.8 Å². The van der Waals surface area contributed by atoms with E-state index in [-0.39, 0.29) is 17.7 Å². The lowest BCUT2D eigenvalue weighted by atomic mass is 10.2. The van der Waals surface area contributed by atoms with Gasteiger partial charge in [0.1, 0.15) is 17.3 Å². The van der Waals surface area contributed by atoms with Crippen LogP contribution in [0.2, 0.25) is 0 Å². The van der Waals surface area contributed by atoms with Crippen molar-refractivity contribution in [3.8, 4) is 11.5 Å². The maximum atomic E-state index is 12.3. The third-order valence-corrected chi connectivity index (χ3v) is 4.52. The third-order valence-electron chi connectivity index (χ3n) is 3.58. The number of carbonyl (C=O) groups is 1. The highest BCUT2D eigenvalue weighted by molar-refractivity contribution is 7.99. The van der Waals surface area contributed by atoms with Crippen LogP contribution >= 0.6 is 11.8 Å². The van der Waals surface area contributed by atoms with Crippen LogP contribution in [0, 0.1) is 0 Å². The van der Waals surface area contributed by atoms with Crippen molar-refractivity contribution in [2.75, 3.05) is 25.3 Å². The standard InChI is InChI=1S/C17H24N4O3S/c1-6-15-19-20-17(21(15)11(2)3)25-10-16(22)18-13-9-12(23-4)7-8-14(13)24-5/h7-9,11H,6,10H2,1-5H3,(H,18,22). The Labute approximate surface area is 152 Å². The van der Waals surface area contributed by atoms with E-state index in [1.54, 1.807) is 32.4 Å². The van der Waals surface area contributed by atoms with Crippen molar-refractivity contribution >= 4 is 23.4 Å². The summed E-state index contributed by atoms with van der Waals surface area (Å²) in [6.07, 6.45) is 0.805. The van der Waals surface area contributed by atoms with Crippen LogP contribution in [-0.4, -0.2) is 40.6 Å². The van der Waals surface area contributed by atoms with E-state index in [0.29, 0.717) is 17.2 Å². The van der Waals surface area contributed by atoms with Crippen molar-refractivity contribution < 1.29 is 14.3 Å². The zero-order chi connectivity index (χ0) is 18.4. The number of rotatable bonds is 8. The smallest absolute Gasteiger partial charge is 0.234 e. The number of hydrogen-bond acceptors (Lipinski definition) is 6. The number of benzene rings is 1. The van der Waals surface area contributed by atoms with Gasteiger partial charge in [0.15, 0.2) is 5.16 Å². The van der Waals surface area contributed by atoms with Crippen molar-refractivity contribution in [3.05, 3.63) is 24.0 Å². The summed E-state index contributed by atoms with van der Waals surface area (Å²) in [6, 6.07) is 5.51. The summed E-state index contributed by atoms with van der Waals surface area (Å²) in [5.74, 6) is 2.24. The molecule has 136 valence electrons. The molecule has 2 rings (SSSR count). The molecule has 1 aromatic carbocycles. The summed E-state index contributed by atoms with van der Waals surface area (Å²) in [5, 5.41) is 12.0. The summed E-state index contributed by atoms with van der Waals surface area (Å²) in [4.78, 5) is 12.3. The van der Waals surface area contributed by atoms with Crippen LogP contribution in [0.4, 0.5) is 5.69 Å². The Bertz CT molecular complexity index is 731. The fourth-order valence-electron chi connectivity index (χ4n) is 2.39. The molecular formula is C17H24N4O3S. The Hall–Kier alpha value is -2.22. The summed E-state index contributed by atoms with van der Waals surface area (Å²) < 4.78 is 12.5. The van der Waals surface area contributed by atoms with Crippen molar-refractivity contribution in [1.82, 2.24) is 14.8 Å². The molecule has 0 atom stereocenters. The summed E-state index contributed by atoms with van der Waals surface area (Å²) >= 11 is 1.37. The van der Waals surface area contributed by atoms with Gasteiger partial charge >= 0.3 is 0 Å². The van der Waals surface area contributed by atoms with Crippen molar-refractivity contribution in [2.24, 2.45) is 0 Å². The zero-order valence-corrected chi connectivity index (χ0v) is 16.0. The Balaban J connectivity index is 2.06. The second kappa shape index (κ2) is 8.75. The first-order valence-electron chi connectivity index (χ1n) is 8.08. The van der Waals surface area contributed by atoms with Gasteiger partial charge in [-0.05, 0) is 26.0 Å². The molecule has 25 heavy (non-hydrogen) atoms. The Morgan fingerprint density at radius 2 is 2.04 bits per heavy atom. The highest BCUT2D eigenvalue weighted by Gasteiger charge is 2.16. The molecule has 0 spiro atoms. The third kappa shape index (κ3) is 4.66. The minimum absolute atomic E-state index is 0.145. The van der Waals surface area contributed by atoms with E-state index in [0.717, 1.165) is 17.4 Å². The molecule has 0 saturated heterocycles. The molecule has 2 aromatic rings. The zero-order valence-electron chi connectivity index (χ0n) is 15.2. The van der Waals surface area contributed by atoms with E-state index in [9.17, 15) is 4.79 Å². The number of aromatic nitrogens is 3. The van der Waals surface area contributed by atoms with Gasteiger partial charge in [0.05, 0.1) is 25.7 Å². The quantitative estimate of drug-likeness (QED) is 0.725. The van der Waals surface area contributed by atoms with Gasteiger partial charge < -0.3 is 19.4 Å². The molecular weight excluding hydrogens is 340 g/mol. The molecule has 0 radical (unpaired) electrons. The SMILES string of the molecule is CCc1nnc(SCC(=O)Nc2cc(OC)ccc2OC)n1C(C)C. The number of nitrogens with zero attached hydrogens (tertiary/aromatic N) is 3. The average Bonchev–Trinajstić information content (AvgIpc) is 3.03. The molecule has 0 aliphatic heterocycles. The lowest BCUT2D eigenvalue weighted by Gasteiger charge is -2.13. The lowest BCUT2D eigenvalue weighted by molar-refractivity contribution is -0.113. The molecule has 0 saturated carbocycles. The number of carbonyl (C=O) groups excluding carboxylic acids is 1. The fourth-order valence-corrected chi connectivity index (χ4v) is 3.28. The number of aryl methyl sites for hydroxylation is 1. The largest absolute Gasteiger partial charge is 0.497 e. The first kappa shape index (κ1) is 19.1. The average molecular weight is 364 g/mol. The molecule has 0 fully saturated rings. The summed E-state index contributed by atoms with van der Waals surface area (Å²) in [7, 11) is 3.14. The molecule has 0 aliphatic rings. The van der Waals surface area contributed by atoms with Crippen LogP contribution < -0.4 is 14.8 Å². The number of amides is 1. The molecule has 7 nitrogen and oxygen atoms in total. The number of hydrogen-bond donors (Lipinski definition) is 1. The van der Waals surface area contributed by atoms with E-state index in [4.69, 9.17) is 9.47 Å². The molecule has 1 N–H and O–H groups in total. The van der Waals surface area contributed by atoms with Crippen molar-refractivity contribution in [3.63, 3.8) is 0 Å². The van der Waals surface area contributed by atoms with E-state index in [2.05, 4.69) is 33.9 Å². The van der Waals surface area contributed by atoms with E-state index < -0.39 is 0 Å². The van der Waals surface area contributed by atoms with Crippen LogP contribution in [0.3, 0.4) is 0 Å². The van der Waals surface area contributed by atoms with Crippen molar-refractivity contribution in [1.29, 1.82) is 0 Å². The van der Waals surface area contributed by atoms with Crippen LogP contribution in [0.25, 0.3) is 0 Å². The van der Waals surface area contributed by atoms with Gasteiger partial charge in [0, 0.05) is 18.5 Å². The Kier molecular flexibility index (Phi) is 6.69. The Morgan fingerprint density at radius 3 is 2.64 bits per heavy atom. The predicted octanol–water partition coefficient (Wildman–Crippen LogP) is 3.17. The molecule has 0 unspecified atom stereocenters. The summed E-state index contributed by atoms with van der Waals surface area (Å²) in [5.41, 5.74) is 0.576. The second-order valence-corrected chi connectivity index (χ2v) is 6.56. The molecule has 1 heterocycles. The maximum Gasteiger partial charge on any atom is 0.234 e. The van der Waals surface area contributed by atoms with Crippen LogP contribution in [0.15, 0.2) is 23.4 Å². The predicted molar refractivity (Wildman–Crippen MR) is 98.7 cm³/mol. The molecule has 0 bridgehead atoms. The van der Waals surface area contributed by atoms with Gasteiger partial charge in [-0.3, -0.25) is 4.79 Å². The normalized spacial score (nSPS) is 10.8. The Morgan fingerprint density at radius 1 is 1.28 bits per heavy atom. The van der Waals surface area contributed by atoms with Gasteiger partial charge in [-0.25, -0.2) is 0 Å². The molecule has 1 aromatic heterocycles. The summed E-state index contributed by atoms with van der Waals surface area (Å²) in [6.45, 7) is 6.20. The minimum Gasteiger partial charge on any atom is -0.497 e.